The van der Waals surface area contributed by atoms with E-state index in [0.29, 0.717) is 12.1 Å². The Morgan fingerprint density at radius 3 is 2.68 bits per heavy atom. The van der Waals surface area contributed by atoms with Crippen molar-refractivity contribution in [1.29, 1.82) is 0 Å². The van der Waals surface area contributed by atoms with E-state index in [1.807, 2.05) is 13.0 Å². The lowest BCUT2D eigenvalue weighted by atomic mass is 9.91. The van der Waals surface area contributed by atoms with E-state index in [0.717, 1.165) is 31.7 Å². The summed E-state index contributed by atoms with van der Waals surface area (Å²) in [5, 5.41) is 0. The van der Waals surface area contributed by atoms with Gasteiger partial charge in [0.15, 0.2) is 0 Å². The molecule has 1 aliphatic carbocycles. The first-order valence-corrected chi connectivity index (χ1v) is 7.36. The molecule has 1 fully saturated rings. The Morgan fingerprint density at radius 1 is 1.26 bits per heavy atom. The number of hydrogen-bond acceptors (Lipinski definition) is 3. The van der Waals surface area contributed by atoms with Gasteiger partial charge in [0, 0.05) is 18.6 Å². The van der Waals surface area contributed by atoms with E-state index < -0.39 is 0 Å². The molecule has 0 bridgehead atoms. The maximum atomic E-state index is 5.97. The average molecular weight is 262 g/mol. The number of rotatable bonds is 5. The van der Waals surface area contributed by atoms with Gasteiger partial charge in [-0.25, -0.2) is 0 Å². The zero-order chi connectivity index (χ0) is 13.7. The molecule has 2 N–H and O–H groups in total. The molecule has 0 atom stereocenters. The van der Waals surface area contributed by atoms with Crippen LogP contribution in [0, 0.1) is 0 Å². The lowest BCUT2D eigenvalue weighted by molar-refractivity contribution is 0.176. The zero-order valence-electron chi connectivity index (χ0n) is 12.1. The second-order valence-electron chi connectivity index (χ2n) is 5.56. The minimum Gasteiger partial charge on any atom is -0.494 e. The van der Waals surface area contributed by atoms with E-state index >= 15 is 0 Å². The molecule has 3 heteroatoms. The van der Waals surface area contributed by atoms with Crippen LogP contribution in [0.15, 0.2) is 24.3 Å². The van der Waals surface area contributed by atoms with Gasteiger partial charge in [0.2, 0.25) is 0 Å². The van der Waals surface area contributed by atoms with Crippen molar-refractivity contribution in [2.24, 2.45) is 5.73 Å². The summed E-state index contributed by atoms with van der Waals surface area (Å²) in [5.41, 5.74) is 7.29. The molecule has 0 radical (unpaired) electrons. The van der Waals surface area contributed by atoms with E-state index in [1.165, 1.54) is 18.4 Å². The van der Waals surface area contributed by atoms with Crippen LogP contribution >= 0.6 is 0 Å². The van der Waals surface area contributed by atoms with E-state index in [1.54, 1.807) is 0 Å². The van der Waals surface area contributed by atoms with Gasteiger partial charge >= 0.3 is 0 Å². The standard InChI is InChI=1S/C16H26N2O/c1-3-19-16-6-4-5-13(11-16)12-18(2)15-9-7-14(17)8-10-15/h4-6,11,14-15H,3,7-10,12,17H2,1-2H3. The number of nitrogens with two attached hydrogens (primary N) is 1. The third kappa shape index (κ3) is 4.22. The molecule has 0 aliphatic heterocycles. The molecule has 0 unspecified atom stereocenters. The van der Waals surface area contributed by atoms with Crippen molar-refractivity contribution in [3.63, 3.8) is 0 Å². The molecule has 2 rings (SSSR count). The van der Waals surface area contributed by atoms with Crippen LogP contribution in [0.25, 0.3) is 0 Å². The van der Waals surface area contributed by atoms with Crippen molar-refractivity contribution < 1.29 is 4.74 Å². The number of benzene rings is 1. The third-order valence-corrected chi connectivity index (χ3v) is 4.01. The van der Waals surface area contributed by atoms with E-state index in [-0.39, 0.29) is 0 Å². The van der Waals surface area contributed by atoms with Gasteiger partial charge < -0.3 is 10.5 Å². The van der Waals surface area contributed by atoms with Crippen molar-refractivity contribution in [3.05, 3.63) is 29.8 Å². The Labute approximate surface area is 116 Å². The topological polar surface area (TPSA) is 38.5 Å². The molecule has 1 aromatic carbocycles. The number of hydrogen-bond donors (Lipinski definition) is 1. The summed E-state index contributed by atoms with van der Waals surface area (Å²) in [7, 11) is 2.22. The number of nitrogens with zero attached hydrogens (tertiary/aromatic N) is 1. The first kappa shape index (κ1) is 14.4. The second kappa shape index (κ2) is 6.92. The summed E-state index contributed by atoms with van der Waals surface area (Å²) in [6, 6.07) is 9.51. The molecule has 0 spiro atoms. The fraction of sp³-hybridized carbons (Fsp3) is 0.625. The van der Waals surface area contributed by atoms with Crippen molar-refractivity contribution in [2.45, 2.75) is 51.2 Å². The lowest BCUT2D eigenvalue weighted by Crippen LogP contribution is -2.38. The highest BCUT2D eigenvalue weighted by atomic mass is 16.5. The SMILES string of the molecule is CCOc1cccc(CN(C)C2CCC(N)CC2)c1. The molecular weight excluding hydrogens is 236 g/mol. The maximum absolute atomic E-state index is 5.97. The second-order valence-corrected chi connectivity index (χ2v) is 5.56. The quantitative estimate of drug-likeness (QED) is 0.887. The smallest absolute Gasteiger partial charge is 0.119 e. The molecule has 1 saturated carbocycles. The zero-order valence-corrected chi connectivity index (χ0v) is 12.1. The summed E-state index contributed by atoms with van der Waals surface area (Å²) >= 11 is 0. The Morgan fingerprint density at radius 2 is 2.00 bits per heavy atom. The van der Waals surface area contributed by atoms with Crippen molar-refractivity contribution in [3.8, 4) is 5.75 Å². The molecule has 0 heterocycles. The van der Waals surface area contributed by atoms with Crippen molar-refractivity contribution in [1.82, 2.24) is 4.90 Å². The maximum Gasteiger partial charge on any atom is 0.119 e. The van der Waals surface area contributed by atoms with Crippen molar-refractivity contribution in [2.75, 3.05) is 13.7 Å². The minimum atomic E-state index is 0.422. The van der Waals surface area contributed by atoms with Gasteiger partial charge in [-0.2, -0.15) is 0 Å². The van der Waals surface area contributed by atoms with Crippen LogP contribution in [0.2, 0.25) is 0 Å². The Kier molecular flexibility index (Phi) is 5.23. The normalized spacial score (nSPS) is 23.6. The van der Waals surface area contributed by atoms with Crippen LogP contribution in [0.1, 0.15) is 38.2 Å². The third-order valence-electron chi connectivity index (χ3n) is 4.01. The Hall–Kier alpha value is -1.06. The highest BCUT2D eigenvalue weighted by Gasteiger charge is 2.21. The van der Waals surface area contributed by atoms with Gasteiger partial charge in [-0.3, -0.25) is 4.90 Å². The highest BCUT2D eigenvalue weighted by Crippen LogP contribution is 2.23. The number of ether oxygens (including phenoxy) is 1. The molecule has 106 valence electrons. The van der Waals surface area contributed by atoms with Gasteiger partial charge in [-0.1, -0.05) is 12.1 Å². The fourth-order valence-electron chi connectivity index (χ4n) is 2.86. The predicted octanol–water partition coefficient (Wildman–Crippen LogP) is 2.79. The van der Waals surface area contributed by atoms with Gasteiger partial charge in [0.1, 0.15) is 5.75 Å². The van der Waals surface area contributed by atoms with Crippen LogP contribution < -0.4 is 10.5 Å². The van der Waals surface area contributed by atoms with Gasteiger partial charge in [0.25, 0.3) is 0 Å². The van der Waals surface area contributed by atoms with E-state index in [4.69, 9.17) is 10.5 Å². The molecule has 3 nitrogen and oxygen atoms in total. The molecule has 1 aliphatic rings. The van der Waals surface area contributed by atoms with E-state index in [9.17, 15) is 0 Å². The van der Waals surface area contributed by atoms with Gasteiger partial charge in [0.05, 0.1) is 6.61 Å². The molecule has 0 aromatic heterocycles. The predicted molar refractivity (Wildman–Crippen MR) is 79.3 cm³/mol. The summed E-state index contributed by atoms with van der Waals surface area (Å²) in [5.74, 6) is 0.971. The summed E-state index contributed by atoms with van der Waals surface area (Å²) in [4.78, 5) is 2.46. The molecule has 0 saturated heterocycles. The highest BCUT2D eigenvalue weighted by molar-refractivity contribution is 5.28. The summed E-state index contributed by atoms with van der Waals surface area (Å²) < 4.78 is 5.55. The summed E-state index contributed by atoms with van der Waals surface area (Å²) in [6.07, 6.45) is 4.77. The molecular formula is C16H26N2O. The van der Waals surface area contributed by atoms with Crippen molar-refractivity contribution >= 4 is 0 Å². The first-order chi connectivity index (χ1) is 9.19. The summed E-state index contributed by atoms with van der Waals surface area (Å²) in [6.45, 7) is 3.73. The van der Waals surface area contributed by atoms with Gasteiger partial charge in [-0.15, -0.1) is 0 Å². The fourth-order valence-corrected chi connectivity index (χ4v) is 2.86. The van der Waals surface area contributed by atoms with Crippen LogP contribution in [0.4, 0.5) is 0 Å². The molecule has 1 aromatic rings. The van der Waals surface area contributed by atoms with Gasteiger partial charge in [-0.05, 0) is 57.4 Å². The largest absolute Gasteiger partial charge is 0.494 e. The first-order valence-electron chi connectivity index (χ1n) is 7.36. The van der Waals surface area contributed by atoms with Crippen LogP contribution in [0.5, 0.6) is 5.75 Å². The van der Waals surface area contributed by atoms with Crippen LogP contribution in [0.3, 0.4) is 0 Å². The lowest BCUT2D eigenvalue weighted by Gasteiger charge is -2.33. The van der Waals surface area contributed by atoms with Crippen LogP contribution in [-0.2, 0) is 6.54 Å². The Balaban J connectivity index is 1.90. The Bertz CT molecular complexity index is 386. The van der Waals surface area contributed by atoms with Crippen LogP contribution in [-0.4, -0.2) is 30.6 Å². The molecule has 19 heavy (non-hydrogen) atoms. The monoisotopic (exact) mass is 262 g/mol. The average Bonchev–Trinajstić information content (AvgIpc) is 2.40. The minimum absolute atomic E-state index is 0.422. The molecule has 0 amide bonds. The van der Waals surface area contributed by atoms with E-state index in [2.05, 4.69) is 30.1 Å².